The van der Waals surface area contributed by atoms with Gasteiger partial charge < -0.3 is 5.11 Å². The van der Waals surface area contributed by atoms with Crippen LogP contribution in [-0.4, -0.2) is 5.11 Å². The molecule has 0 unspecified atom stereocenters. The summed E-state index contributed by atoms with van der Waals surface area (Å²) in [5, 5.41) is 9.72. The first-order valence-electron chi connectivity index (χ1n) is 7.23. The molecule has 0 aliphatic carbocycles. The largest absolute Gasteiger partial charge is 0.507 e. The van der Waals surface area contributed by atoms with Crippen molar-refractivity contribution >= 4 is 12.6 Å². The molecule has 1 nitrogen and oxygen atoms in total. The molecule has 0 bridgehead atoms. The lowest BCUT2D eigenvalue weighted by Gasteiger charge is -2.12. The summed E-state index contributed by atoms with van der Waals surface area (Å²) in [6, 6.07) is 3.79. The van der Waals surface area contributed by atoms with Gasteiger partial charge in [-0.2, -0.15) is 0 Å². The van der Waals surface area contributed by atoms with Crippen molar-refractivity contribution in [1.82, 2.24) is 0 Å². The summed E-state index contributed by atoms with van der Waals surface area (Å²) in [4.78, 5) is 0.780. The van der Waals surface area contributed by atoms with Gasteiger partial charge in [-0.25, -0.2) is 0 Å². The summed E-state index contributed by atoms with van der Waals surface area (Å²) in [6.07, 6.45) is 9.87. The van der Waals surface area contributed by atoms with E-state index < -0.39 is 0 Å². The second kappa shape index (κ2) is 8.47. The quantitative estimate of drug-likeness (QED) is 0.493. The minimum Gasteiger partial charge on any atom is -0.507 e. The Balaban J connectivity index is 2.48. The van der Waals surface area contributed by atoms with Crippen LogP contribution in [-0.2, 0) is 12.8 Å². The fourth-order valence-corrected chi connectivity index (χ4v) is 2.69. The van der Waals surface area contributed by atoms with Crippen molar-refractivity contribution in [3.8, 4) is 5.75 Å². The lowest BCUT2D eigenvalue weighted by atomic mass is 9.98. The van der Waals surface area contributed by atoms with Gasteiger partial charge in [0.05, 0.1) is 0 Å². The molecule has 0 saturated heterocycles. The maximum Gasteiger partial charge on any atom is 0.129 e. The number of hydrogen-bond acceptors (Lipinski definition) is 2. The van der Waals surface area contributed by atoms with Gasteiger partial charge in [-0.3, -0.25) is 0 Å². The van der Waals surface area contributed by atoms with Crippen molar-refractivity contribution in [1.29, 1.82) is 0 Å². The number of benzene rings is 1. The molecule has 0 atom stereocenters. The Bertz CT molecular complexity index is 360. The number of hydrogen-bond donors (Lipinski definition) is 2. The predicted octanol–water partition coefficient (Wildman–Crippen LogP) is 5.15. The Labute approximate surface area is 117 Å². The van der Waals surface area contributed by atoms with Gasteiger partial charge in [-0.15, -0.1) is 12.6 Å². The fraction of sp³-hybridized carbons (Fsp3) is 0.625. The molecule has 0 aliphatic rings. The molecule has 0 heterocycles. The molecule has 0 aliphatic heterocycles. The third kappa shape index (κ3) is 4.56. The van der Waals surface area contributed by atoms with Gasteiger partial charge in [0, 0.05) is 4.90 Å². The average molecular weight is 266 g/mol. The highest BCUT2D eigenvalue weighted by atomic mass is 32.1. The number of aromatic hydroxyl groups is 1. The van der Waals surface area contributed by atoms with Crippen LogP contribution < -0.4 is 0 Å². The van der Waals surface area contributed by atoms with Crippen LogP contribution in [0.1, 0.15) is 63.5 Å². The number of rotatable bonds is 8. The lowest BCUT2D eigenvalue weighted by molar-refractivity contribution is 0.460. The highest BCUT2D eigenvalue weighted by Crippen LogP contribution is 2.29. The van der Waals surface area contributed by atoms with Gasteiger partial charge in [-0.05, 0) is 36.5 Å². The van der Waals surface area contributed by atoms with E-state index in [1.807, 2.05) is 6.07 Å². The molecule has 1 aromatic carbocycles. The summed E-state index contributed by atoms with van der Waals surface area (Å²) < 4.78 is 0. The zero-order valence-electron chi connectivity index (χ0n) is 11.7. The van der Waals surface area contributed by atoms with E-state index in [2.05, 4.69) is 26.5 Å². The van der Waals surface area contributed by atoms with Crippen LogP contribution in [0.15, 0.2) is 17.0 Å². The first-order chi connectivity index (χ1) is 8.70. The molecule has 2 heteroatoms. The van der Waals surface area contributed by atoms with Crippen molar-refractivity contribution in [2.24, 2.45) is 0 Å². The second-order valence-corrected chi connectivity index (χ2v) is 5.39. The minimum atomic E-state index is 0.316. The third-order valence-electron chi connectivity index (χ3n) is 3.52. The van der Waals surface area contributed by atoms with E-state index >= 15 is 0 Å². The van der Waals surface area contributed by atoms with Gasteiger partial charge in [0.2, 0.25) is 0 Å². The van der Waals surface area contributed by atoms with E-state index in [9.17, 15) is 5.11 Å². The van der Waals surface area contributed by atoms with E-state index in [0.29, 0.717) is 5.75 Å². The first-order valence-corrected chi connectivity index (χ1v) is 7.68. The van der Waals surface area contributed by atoms with Crippen molar-refractivity contribution in [3.63, 3.8) is 0 Å². The molecule has 102 valence electrons. The highest BCUT2D eigenvalue weighted by molar-refractivity contribution is 7.80. The third-order valence-corrected chi connectivity index (χ3v) is 4.02. The van der Waals surface area contributed by atoms with Crippen LogP contribution in [0.4, 0.5) is 0 Å². The summed E-state index contributed by atoms with van der Waals surface area (Å²) in [5.41, 5.74) is 2.57. The van der Waals surface area contributed by atoms with Gasteiger partial charge in [0.1, 0.15) is 5.75 Å². The molecule has 0 radical (unpaired) electrons. The smallest absolute Gasteiger partial charge is 0.129 e. The Kier molecular flexibility index (Phi) is 7.26. The van der Waals surface area contributed by atoms with Crippen molar-refractivity contribution < 1.29 is 5.11 Å². The monoisotopic (exact) mass is 266 g/mol. The Morgan fingerprint density at radius 2 is 1.67 bits per heavy atom. The molecule has 0 amide bonds. The number of phenols is 1. The molecule has 1 N–H and O–H groups in total. The van der Waals surface area contributed by atoms with E-state index in [4.69, 9.17) is 0 Å². The van der Waals surface area contributed by atoms with Gasteiger partial charge in [0.15, 0.2) is 0 Å². The minimum absolute atomic E-state index is 0.316. The number of unbranched alkanes of at least 4 members (excludes halogenated alkanes) is 5. The van der Waals surface area contributed by atoms with Crippen molar-refractivity contribution in [2.45, 2.75) is 70.1 Å². The zero-order valence-corrected chi connectivity index (χ0v) is 12.6. The maximum atomic E-state index is 9.72. The second-order valence-electron chi connectivity index (χ2n) is 4.94. The summed E-state index contributed by atoms with van der Waals surface area (Å²) in [6.45, 7) is 4.40. The average Bonchev–Trinajstić information content (AvgIpc) is 2.38. The Morgan fingerprint density at radius 1 is 1.00 bits per heavy atom. The Hall–Kier alpha value is -0.630. The van der Waals surface area contributed by atoms with Gasteiger partial charge in [0.25, 0.3) is 0 Å². The standard InChI is InChI=1S/C16H26OS/c1-3-5-6-7-8-9-10-14-13(4-2)11-12-15(17)16(14)18/h11-12,17-18H,3-10H2,1-2H3. The molecule has 1 aromatic rings. The van der Waals surface area contributed by atoms with E-state index in [1.165, 1.54) is 49.7 Å². The van der Waals surface area contributed by atoms with Crippen LogP contribution >= 0.6 is 12.6 Å². The molecule has 1 rings (SSSR count). The van der Waals surface area contributed by atoms with Gasteiger partial charge >= 0.3 is 0 Å². The van der Waals surface area contributed by atoms with Crippen LogP contribution in [0.5, 0.6) is 5.75 Å². The van der Waals surface area contributed by atoms with Crippen molar-refractivity contribution in [2.75, 3.05) is 0 Å². The molecule has 0 aromatic heterocycles. The molecule has 0 spiro atoms. The molecular weight excluding hydrogens is 240 g/mol. The fourth-order valence-electron chi connectivity index (χ4n) is 2.36. The number of thiol groups is 1. The highest BCUT2D eigenvalue weighted by Gasteiger charge is 2.08. The normalized spacial score (nSPS) is 10.8. The van der Waals surface area contributed by atoms with E-state index in [0.717, 1.165) is 17.7 Å². The number of phenolic OH excluding ortho intramolecular Hbond substituents is 1. The molecule has 18 heavy (non-hydrogen) atoms. The topological polar surface area (TPSA) is 20.2 Å². The van der Waals surface area contributed by atoms with E-state index in [-0.39, 0.29) is 0 Å². The SMILES string of the molecule is CCCCCCCCc1c(CC)ccc(O)c1S. The maximum absolute atomic E-state index is 9.72. The zero-order chi connectivity index (χ0) is 13.4. The summed E-state index contributed by atoms with van der Waals surface area (Å²) >= 11 is 4.44. The Morgan fingerprint density at radius 3 is 2.33 bits per heavy atom. The molecular formula is C16H26OS. The van der Waals surface area contributed by atoms with Crippen LogP contribution in [0.2, 0.25) is 0 Å². The van der Waals surface area contributed by atoms with Gasteiger partial charge in [-0.1, -0.05) is 52.0 Å². The van der Waals surface area contributed by atoms with Crippen LogP contribution in [0, 0.1) is 0 Å². The first kappa shape index (κ1) is 15.4. The molecule has 0 saturated carbocycles. The molecule has 0 fully saturated rings. The number of aryl methyl sites for hydroxylation is 1. The summed E-state index contributed by atoms with van der Waals surface area (Å²) in [5.74, 6) is 0.316. The summed E-state index contributed by atoms with van der Waals surface area (Å²) in [7, 11) is 0. The van der Waals surface area contributed by atoms with Crippen LogP contribution in [0.25, 0.3) is 0 Å². The predicted molar refractivity (Wildman–Crippen MR) is 81.8 cm³/mol. The lowest BCUT2D eigenvalue weighted by Crippen LogP contribution is -1.96. The van der Waals surface area contributed by atoms with Crippen molar-refractivity contribution in [3.05, 3.63) is 23.3 Å². The van der Waals surface area contributed by atoms with E-state index in [1.54, 1.807) is 6.07 Å². The van der Waals surface area contributed by atoms with Crippen LogP contribution in [0.3, 0.4) is 0 Å².